The van der Waals surface area contributed by atoms with Gasteiger partial charge in [0, 0.05) is 43.1 Å². The molecule has 0 aromatic heterocycles. The van der Waals surface area contributed by atoms with E-state index in [4.69, 9.17) is 0 Å². The Hall–Kier alpha value is -2.82. The van der Waals surface area contributed by atoms with Gasteiger partial charge in [-0.05, 0) is 41.0 Å². The number of β-amino-alcohol motifs (C(OH)–C–C–N with tert-alkyl or cyclic N) is 1. The van der Waals surface area contributed by atoms with Crippen LogP contribution in [0.5, 0.6) is 0 Å². The minimum Gasteiger partial charge on any atom is -0.395 e. The van der Waals surface area contributed by atoms with E-state index in [-0.39, 0.29) is 19.1 Å². The van der Waals surface area contributed by atoms with Gasteiger partial charge in [-0.15, -0.1) is 0 Å². The summed E-state index contributed by atoms with van der Waals surface area (Å²) >= 11 is 0. The first kappa shape index (κ1) is 18.5. The Kier molecular flexibility index (Phi) is 5.33. The molecule has 2 N–H and O–H groups in total. The Balaban J connectivity index is 1.81. The minimum absolute atomic E-state index is 0.110. The molecule has 3 aromatic rings. The molecule has 0 bridgehead atoms. The Morgan fingerprint density at radius 3 is 1.89 bits per heavy atom. The lowest BCUT2D eigenvalue weighted by Crippen LogP contribution is -2.28. The van der Waals surface area contributed by atoms with E-state index < -0.39 is 0 Å². The van der Waals surface area contributed by atoms with Crippen LogP contribution in [0.25, 0.3) is 0 Å². The molecule has 4 rings (SSSR count). The second-order valence-corrected chi connectivity index (χ2v) is 7.16. The summed E-state index contributed by atoms with van der Waals surface area (Å²) in [5, 5.41) is 18.8. The third-order valence-corrected chi connectivity index (χ3v) is 5.50. The molecule has 4 nitrogen and oxygen atoms in total. The van der Waals surface area contributed by atoms with Gasteiger partial charge in [-0.1, -0.05) is 48.5 Å². The van der Waals surface area contributed by atoms with Gasteiger partial charge in [0.25, 0.3) is 0 Å². The molecule has 0 fully saturated rings. The van der Waals surface area contributed by atoms with Crippen molar-refractivity contribution in [2.75, 3.05) is 43.2 Å². The molecule has 1 aliphatic heterocycles. The molecule has 144 valence electrons. The van der Waals surface area contributed by atoms with Gasteiger partial charge in [0.05, 0.1) is 13.2 Å². The Morgan fingerprint density at radius 1 is 0.786 bits per heavy atom. The first-order chi connectivity index (χ1) is 13.7. The van der Waals surface area contributed by atoms with Gasteiger partial charge in [-0.25, -0.2) is 0 Å². The van der Waals surface area contributed by atoms with E-state index in [0.717, 1.165) is 17.1 Å². The molecule has 1 heterocycles. The molecule has 4 heteroatoms. The summed E-state index contributed by atoms with van der Waals surface area (Å²) in [5.74, 6) is 0.152. The van der Waals surface area contributed by atoms with E-state index in [1.165, 1.54) is 16.7 Å². The molecular formula is C24H26N2O2. The van der Waals surface area contributed by atoms with Crippen LogP contribution in [0, 0.1) is 0 Å². The molecule has 0 amide bonds. The largest absolute Gasteiger partial charge is 0.395 e. The van der Waals surface area contributed by atoms with Crippen molar-refractivity contribution in [3.8, 4) is 0 Å². The van der Waals surface area contributed by atoms with Gasteiger partial charge < -0.3 is 20.0 Å². The summed E-state index contributed by atoms with van der Waals surface area (Å²) in [5.41, 5.74) is 7.16. The van der Waals surface area contributed by atoms with Crippen molar-refractivity contribution in [2.24, 2.45) is 0 Å². The molecular weight excluding hydrogens is 348 g/mol. The number of rotatable bonds is 6. The Morgan fingerprint density at radius 2 is 1.36 bits per heavy atom. The van der Waals surface area contributed by atoms with Crippen molar-refractivity contribution in [3.05, 3.63) is 89.5 Å². The highest BCUT2D eigenvalue weighted by Crippen LogP contribution is 2.48. The van der Waals surface area contributed by atoms with Crippen molar-refractivity contribution in [3.63, 3.8) is 0 Å². The molecule has 0 radical (unpaired) electrons. The molecule has 0 saturated carbocycles. The number of benzene rings is 3. The Labute approximate surface area is 166 Å². The van der Waals surface area contributed by atoms with E-state index in [1.807, 2.05) is 7.05 Å². The molecule has 0 aliphatic carbocycles. The molecule has 3 aromatic carbocycles. The Bertz CT molecular complexity index is 892. The summed E-state index contributed by atoms with van der Waals surface area (Å²) in [6, 6.07) is 25.5. The van der Waals surface area contributed by atoms with E-state index in [2.05, 4.69) is 82.6 Å². The highest BCUT2D eigenvalue weighted by Gasteiger charge is 2.30. The topological polar surface area (TPSA) is 46.9 Å². The van der Waals surface area contributed by atoms with Gasteiger partial charge in [-0.3, -0.25) is 0 Å². The quantitative estimate of drug-likeness (QED) is 0.690. The molecule has 0 spiro atoms. The molecule has 0 saturated heterocycles. The molecule has 0 atom stereocenters. The van der Waals surface area contributed by atoms with Gasteiger partial charge >= 0.3 is 0 Å². The SMILES string of the molecule is CN(CCO)c1ccc(C2c3ccccc3N(CCO)c3ccccc32)cc1. The summed E-state index contributed by atoms with van der Waals surface area (Å²) in [4.78, 5) is 4.26. The van der Waals surface area contributed by atoms with Crippen LogP contribution in [-0.4, -0.2) is 43.6 Å². The fourth-order valence-electron chi connectivity index (χ4n) is 4.15. The van der Waals surface area contributed by atoms with Gasteiger partial charge in [0.1, 0.15) is 0 Å². The lowest BCUT2D eigenvalue weighted by atomic mass is 9.80. The average molecular weight is 374 g/mol. The highest BCUT2D eigenvalue weighted by atomic mass is 16.3. The van der Waals surface area contributed by atoms with Crippen LogP contribution < -0.4 is 9.80 Å². The number of aliphatic hydroxyl groups excluding tert-OH is 2. The van der Waals surface area contributed by atoms with E-state index in [1.54, 1.807) is 0 Å². The van der Waals surface area contributed by atoms with Crippen LogP contribution in [0.2, 0.25) is 0 Å². The second-order valence-electron chi connectivity index (χ2n) is 7.16. The van der Waals surface area contributed by atoms with Gasteiger partial charge in [0.15, 0.2) is 0 Å². The van der Waals surface area contributed by atoms with E-state index >= 15 is 0 Å². The standard InChI is InChI=1S/C24H26N2O2/c1-25(14-16-27)19-12-10-18(11-13-19)24-20-6-2-4-8-22(20)26(15-17-28)23-9-5-3-7-21(23)24/h2-13,24,27-28H,14-17H2,1H3. The number of anilines is 3. The van der Waals surface area contributed by atoms with E-state index in [0.29, 0.717) is 13.1 Å². The molecule has 1 aliphatic rings. The van der Waals surface area contributed by atoms with Crippen molar-refractivity contribution in [1.29, 1.82) is 0 Å². The number of nitrogens with zero attached hydrogens (tertiary/aromatic N) is 2. The maximum atomic E-state index is 9.61. The molecule has 0 unspecified atom stereocenters. The zero-order valence-electron chi connectivity index (χ0n) is 16.1. The maximum Gasteiger partial charge on any atom is 0.0610 e. The first-order valence-corrected chi connectivity index (χ1v) is 9.73. The normalized spacial score (nSPS) is 13.2. The number of para-hydroxylation sites is 2. The lowest BCUT2D eigenvalue weighted by Gasteiger charge is -2.37. The summed E-state index contributed by atoms with van der Waals surface area (Å²) in [6.45, 7) is 1.44. The summed E-state index contributed by atoms with van der Waals surface area (Å²) < 4.78 is 0. The minimum atomic E-state index is 0.110. The molecule has 28 heavy (non-hydrogen) atoms. The van der Waals surface area contributed by atoms with Crippen molar-refractivity contribution in [2.45, 2.75) is 5.92 Å². The third-order valence-electron chi connectivity index (χ3n) is 5.50. The van der Waals surface area contributed by atoms with Crippen molar-refractivity contribution < 1.29 is 10.2 Å². The highest BCUT2D eigenvalue weighted by molar-refractivity contribution is 5.78. The predicted molar refractivity (Wildman–Crippen MR) is 115 cm³/mol. The van der Waals surface area contributed by atoms with Crippen LogP contribution in [0.15, 0.2) is 72.8 Å². The zero-order chi connectivity index (χ0) is 19.5. The fraction of sp³-hybridized carbons (Fsp3) is 0.250. The van der Waals surface area contributed by atoms with Crippen molar-refractivity contribution in [1.82, 2.24) is 0 Å². The smallest absolute Gasteiger partial charge is 0.0610 e. The third kappa shape index (κ3) is 3.26. The van der Waals surface area contributed by atoms with Crippen LogP contribution in [0.3, 0.4) is 0 Å². The fourth-order valence-corrected chi connectivity index (χ4v) is 4.15. The van der Waals surface area contributed by atoms with Gasteiger partial charge in [0.2, 0.25) is 0 Å². The first-order valence-electron chi connectivity index (χ1n) is 9.73. The van der Waals surface area contributed by atoms with Gasteiger partial charge in [-0.2, -0.15) is 0 Å². The number of hydrogen-bond acceptors (Lipinski definition) is 4. The van der Waals surface area contributed by atoms with E-state index in [9.17, 15) is 10.2 Å². The number of fused-ring (bicyclic) bond motifs is 2. The summed E-state index contributed by atoms with van der Waals surface area (Å²) in [7, 11) is 1.99. The predicted octanol–water partition coefficient (Wildman–Crippen LogP) is 3.74. The lowest BCUT2D eigenvalue weighted by molar-refractivity contribution is 0.304. The average Bonchev–Trinajstić information content (AvgIpc) is 2.74. The van der Waals surface area contributed by atoms with Crippen LogP contribution in [0.1, 0.15) is 22.6 Å². The maximum absolute atomic E-state index is 9.61. The summed E-state index contributed by atoms with van der Waals surface area (Å²) in [6.07, 6.45) is 0. The van der Waals surface area contributed by atoms with Crippen molar-refractivity contribution >= 4 is 17.1 Å². The zero-order valence-corrected chi connectivity index (χ0v) is 16.1. The van der Waals surface area contributed by atoms with Crippen LogP contribution in [0.4, 0.5) is 17.1 Å². The number of likely N-dealkylation sites (N-methyl/N-ethyl adjacent to an activating group) is 1. The second kappa shape index (κ2) is 8.05. The van der Waals surface area contributed by atoms with Crippen LogP contribution >= 0.6 is 0 Å². The number of hydrogen-bond donors (Lipinski definition) is 2. The number of aliphatic hydroxyl groups is 2. The van der Waals surface area contributed by atoms with Crippen LogP contribution in [-0.2, 0) is 0 Å². The monoisotopic (exact) mass is 374 g/mol.